The van der Waals surface area contributed by atoms with Crippen molar-refractivity contribution in [3.8, 4) is 0 Å². The van der Waals surface area contributed by atoms with Crippen molar-refractivity contribution < 1.29 is 14.0 Å². The van der Waals surface area contributed by atoms with Crippen LogP contribution in [0.5, 0.6) is 0 Å². The Bertz CT molecular complexity index is 1870. The minimum absolute atomic E-state index is 0.0757. The molecule has 0 fully saturated rings. The Balaban J connectivity index is 1.46. The zero-order chi connectivity index (χ0) is 27.4. The minimum atomic E-state index is -1.64. The maximum atomic E-state index is 14.8. The molecule has 0 aliphatic carbocycles. The fraction of sp³-hybridized carbons (Fsp3) is 0.121. The quantitative estimate of drug-likeness (QED) is 0.274. The third-order valence-corrected chi connectivity index (χ3v) is 8.12. The number of anilines is 1. The van der Waals surface area contributed by atoms with Crippen LogP contribution in [0.4, 0.5) is 5.69 Å². The van der Waals surface area contributed by atoms with E-state index in [0.717, 1.165) is 11.1 Å². The number of amides is 2. The van der Waals surface area contributed by atoms with Gasteiger partial charge in [-0.05, 0) is 47.9 Å². The first-order valence-corrected chi connectivity index (χ1v) is 13.5. The Hall–Kier alpha value is -4.68. The van der Waals surface area contributed by atoms with Crippen LogP contribution in [0, 0.1) is 0 Å². The zero-order valence-electron chi connectivity index (χ0n) is 21.3. The van der Waals surface area contributed by atoms with Gasteiger partial charge in [0.2, 0.25) is 5.76 Å². The lowest BCUT2D eigenvalue weighted by atomic mass is 9.83. The summed E-state index contributed by atoms with van der Waals surface area (Å²) in [7, 11) is 0. The first kappa shape index (κ1) is 24.4. The highest BCUT2D eigenvalue weighted by atomic mass is 35.5. The van der Waals surface area contributed by atoms with E-state index in [4.69, 9.17) is 16.0 Å². The first-order valence-electron chi connectivity index (χ1n) is 13.1. The number of carbonyl (C=O) groups is 2. The second-order valence-corrected chi connectivity index (χ2v) is 10.5. The molecule has 0 bridgehead atoms. The van der Waals surface area contributed by atoms with Crippen LogP contribution in [0.3, 0.4) is 0 Å². The number of para-hydroxylation sites is 2. The third kappa shape index (κ3) is 3.46. The number of halogens is 1. The van der Waals surface area contributed by atoms with Gasteiger partial charge in [0, 0.05) is 17.1 Å². The van der Waals surface area contributed by atoms with Crippen LogP contribution in [-0.4, -0.2) is 23.3 Å². The Morgan fingerprint density at radius 2 is 1.45 bits per heavy atom. The molecule has 0 N–H and O–H groups in total. The Kier molecular flexibility index (Phi) is 5.61. The average Bonchev–Trinajstić information content (AvgIpc) is 3.38. The molecule has 3 heterocycles. The molecule has 1 aromatic heterocycles. The molecule has 2 amide bonds. The van der Waals surface area contributed by atoms with E-state index < -0.39 is 11.4 Å². The number of carbonyl (C=O) groups excluding carboxylic acids is 2. The SMILES string of the molecule is O=C1c2oc3ccccc3c(=O)c2C2(C(=O)N(Cc3ccc(Cl)cc3)c3ccccc32)N1CCc1ccccc1. The molecule has 2 aliphatic rings. The van der Waals surface area contributed by atoms with Crippen molar-refractivity contribution in [2.45, 2.75) is 18.5 Å². The molecule has 7 rings (SSSR count). The second-order valence-electron chi connectivity index (χ2n) is 10.1. The van der Waals surface area contributed by atoms with E-state index in [-0.39, 0.29) is 35.7 Å². The van der Waals surface area contributed by atoms with E-state index in [1.54, 1.807) is 41.3 Å². The van der Waals surface area contributed by atoms with E-state index in [1.165, 1.54) is 4.90 Å². The van der Waals surface area contributed by atoms with Gasteiger partial charge in [-0.15, -0.1) is 0 Å². The monoisotopic (exact) mass is 546 g/mol. The predicted octanol–water partition coefficient (Wildman–Crippen LogP) is 5.94. The molecular formula is C33H23ClN2O4. The lowest BCUT2D eigenvalue weighted by Crippen LogP contribution is -2.53. The minimum Gasteiger partial charge on any atom is -0.450 e. The number of benzene rings is 4. The van der Waals surface area contributed by atoms with Gasteiger partial charge in [0.05, 0.1) is 23.2 Å². The lowest BCUT2D eigenvalue weighted by Gasteiger charge is -2.34. The van der Waals surface area contributed by atoms with Gasteiger partial charge in [0.1, 0.15) is 5.58 Å². The van der Waals surface area contributed by atoms with Crippen molar-refractivity contribution in [1.29, 1.82) is 0 Å². The molecular weight excluding hydrogens is 524 g/mol. The van der Waals surface area contributed by atoms with Gasteiger partial charge in [-0.1, -0.05) is 84.4 Å². The standard InChI is InChI=1S/C33H23ClN2O4/c34-23-16-14-22(15-17-23)20-35-26-12-6-5-11-25(26)33(32(35)39)28-29(37)24-10-4-7-13-27(24)40-30(28)31(38)36(33)19-18-21-8-2-1-3-9-21/h1-17H,18-20H2. The molecule has 5 aromatic rings. The maximum absolute atomic E-state index is 14.8. The molecule has 0 radical (unpaired) electrons. The van der Waals surface area contributed by atoms with E-state index >= 15 is 0 Å². The number of hydrogen-bond acceptors (Lipinski definition) is 4. The topological polar surface area (TPSA) is 70.8 Å². The van der Waals surface area contributed by atoms with Crippen molar-refractivity contribution in [3.05, 3.63) is 146 Å². The summed E-state index contributed by atoms with van der Waals surface area (Å²) in [5.74, 6) is -0.898. The van der Waals surface area contributed by atoms with Crippen LogP contribution in [-0.2, 0) is 23.3 Å². The Morgan fingerprint density at radius 3 is 2.25 bits per heavy atom. The third-order valence-electron chi connectivity index (χ3n) is 7.86. The van der Waals surface area contributed by atoms with Crippen molar-refractivity contribution in [3.63, 3.8) is 0 Å². The van der Waals surface area contributed by atoms with Gasteiger partial charge in [0.25, 0.3) is 11.8 Å². The summed E-state index contributed by atoms with van der Waals surface area (Å²) < 4.78 is 6.12. The van der Waals surface area contributed by atoms with E-state index in [0.29, 0.717) is 33.7 Å². The molecule has 196 valence electrons. The number of hydrogen-bond donors (Lipinski definition) is 0. The summed E-state index contributed by atoms with van der Waals surface area (Å²) in [6.07, 6.45) is 0.503. The summed E-state index contributed by atoms with van der Waals surface area (Å²) in [4.78, 5) is 46.3. The number of nitrogens with zero attached hydrogens (tertiary/aromatic N) is 2. The van der Waals surface area contributed by atoms with Gasteiger partial charge < -0.3 is 14.2 Å². The highest BCUT2D eigenvalue weighted by Gasteiger charge is 2.64. The largest absolute Gasteiger partial charge is 0.450 e. The summed E-state index contributed by atoms with van der Waals surface area (Å²) in [5, 5.41) is 0.931. The fourth-order valence-corrected chi connectivity index (χ4v) is 6.18. The highest BCUT2D eigenvalue weighted by Crippen LogP contribution is 2.52. The van der Waals surface area contributed by atoms with E-state index in [2.05, 4.69) is 0 Å². The molecule has 1 atom stereocenters. The van der Waals surface area contributed by atoms with Crippen LogP contribution in [0.2, 0.25) is 5.02 Å². The van der Waals surface area contributed by atoms with Crippen molar-refractivity contribution in [2.24, 2.45) is 0 Å². The van der Waals surface area contributed by atoms with Crippen LogP contribution in [0.1, 0.15) is 32.8 Å². The van der Waals surface area contributed by atoms with Crippen molar-refractivity contribution in [2.75, 3.05) is 11.4 Å². The molecule has 7 heteroatoms. The first-order chi connectivity index (χ1) is 19.5. The van der Waals surface area contributed by atoms with E-state index in [1.807, 2.05) is 66.7 Å². The van der Waals surface area contributed by atoms with Gasteiger partial charge in [-0.25, -0.2) is 0 Å². The van der Waals surface area contributed by atoms with Gasteiger partial charge in [0.15, 0.2) is 11.0 Å². The molecule has 6 nitrogen and oxygen atoms in total. The molecule has 0 saturated carbocycles. The van der Waals surface area contributed by atoms with Gasteiger partial charge >= 0.3 is 0 Å². The number of fused-ring (bicyclic) bond motifs is 5. The van der Waals surface area contributed by atoms with Gasteiger partial charge in [-0.2, -0.15) is 0 Å². The molecule has 1 unspecified atom stereocenters. The van der Waals surface area contributed by atoms with Crippen LogP contribution >= 0.6 is 11.6 Å². The summed E-state index contributed by atoms with van der Waals surface area (Å²) >= 11 is 6.11. The number of rotatable bonds is 5. The molecule has 40 heavy (non-hydrogen) atoms. The fourth-order valence-electron chi connectivity index (χ4n) is 6.05. The molecule has 0 saturated heterocycles. The maximum Gasteiger partial charge on any atom is 0.291 e. The van der Waals surface area contributed by atoms with Crippen molar-refractivity contribution >= 4 is 40.1 Å². The van der Waals surface area contributed by atoms with Crippen molar-refractivity contribution in [1.82, 2.24) is 4.90 Å². The van der Waals surface area contributed by atoms with Crippen LogP contribution in [0.15, 0.2) is 112 Å². The van der Waals surface area contributed by atoms with Crippen LogP contribution in [0.25, 0.3) is 11.0 Å². The Morgan fingerprint density at radius 1 is 0.750 bits per heavy atom. The average molecular weight is 547 g/mol. The summed E-state index contributed by atoms with van der Waals surface area (Å²) in [5.41, 5.74) is 1.52. The smallest absolute Gasteiger partial charge is 0.291 e. The van der Waals surface area contributed by atoms with E-state index in [9.17, 15) is 14.4 Å². The molecule has 4 aromatic carbocycles. The molecule has 2 aliphatic heterocycles. The second kappa shape index (κ2) is 9.21. The zero-order valence-corrected chi connectivity index (χ0v) is 22.1. The van der Waals surface area contributed by atoms with Crippen LogP contribution < -0.4 is 10.3 Å². The summed E-state index contributed by atoms with van der Waals surface area (Å²) in [6, 6.07) is 31.3. The normalized spacial score (nSPS) is 17.6. The highest BCUT2D eigenvalue weighted by molar-refractivity contribution is 6.30. The summed E-state index contributed by atoms with van der Waals surface area (Å²) in [6.45, 7) is 0.474. The predicted molar refractivity (Wildman–Crippen MR) is 154 cm³/mol. The van der Waals surface area contributed by atoms with Gasteiger partial charge in [-0.3, -0.25) is 14.4 Å². The molecule has 1 spiro atoms. The Labute approximate surface area is 235 Å². The lowest BCUT2D eigenvalue weighted by molar-refractivity contribution is -0.126.